The molecule has 5 rings (SSSR count). The molecule has 0 heterocycles. The lowest BCUT2D eigenvalue weighted by Gasteiger charge is -2.50. The molecule has 3 fully saturated rings. The third kappa shape index (κ3) is 10.4. The molecule has 53 heavy (non-hydrogen) atoms. The van der Waals surface area contributed by atoms with Crippen LogP contribution in [0.2, 0.25) is 0 Å². The second-order valence-electron chi connectivity index (χ2n) is 20.5. The summed E-state index contributed by atoms with van der Waals surface area (Å²) in [4.78, 5) is 10.3. The molecule has 0 amide bonds. The lowest BCUT2D eigenvalue weighted by Crippen LogP contribution is -2.60. The van der Waals surface area contributed by atoms with Gasteiger partial charge in [-0.1, -0.05) is 100 Å². The topological polar surface area (TPSA) is 65.2 Å². The Morgan fingerprint density at radius 3 is 1.47 bits per heavy atom. The van der Waals surface area contributed by atoms with E-state index in [2.05, 4.69) is 93.6 Å². The highest BCUT2D eigenvalue weighted by Gasteiger charge is 2.40. The van der Waals surface area contributed by atoms with Crippen molar-refractivity contribution in [1.82, 2.24) is 0 Å². The van der Waals surface area contributed by atoms with Crippen LogP contribution in [0.1, 0.15) is 192 Å². The van der Waals surface area contributed by atoms with Gasteiger partial charge in [0, 0.05) is 35.5 Å². The van der Waals surface area contributed by atoms with Gasteiger partial charge in [-0.25, -0.2) is 0 Å². The number of nitrogens with zero attached hydrogens (tertiary/aromatic N) is 3. The van der Waals surface area contributed by atoms with E-state index in [0.717, 1.165) is 72.9 Å². The number of aliphatic imine (C=N–C) groups is 2. The maximum atomic E-state index is 11.8. The number of benzene rings is 2. The second-order valence-corrected chi connectivity index (χ2v) is 20.5. The van der Waals surface area contributed by atoms with E-state index in [9.17, 15) is 10.2 Å². The molecule has 5 nitrogen and oxygen atoms in total. The molecule has 294 valence electrons. The fourth-order valence-electron chi connectivity index (χ4n) is 9.61. The lowest BCUT2D eigenvalue weighted by molar-refractivity contribution is -0.959. The van der Waals surface area contributed by atoms with Crippen molar-refractivity contribution < 1.29 is 14.7 Å². The van der Waals surface area contributed by atoms with E-state index in [1.165, 1.54) is 86.4 Å². The number of aromatic hydroxyl groups is 2. The summed E-state index contributed by atoms with van der Waals surface area (Å²) in [6.45, 7) is 21.1. The van der Waals surface area contributed by atoms with Crippen LogP contribution in [0.3, 0.4) is 0 Å². The van der Waals surface area contributed by atoms with Crippen molar-refractivity contribution in [1.29, 1.82) is 0 Å². The highest BCUT2D eigenvalue weighted by Crippen LogP contribution is 2.39. The molecule has 0 saturated heterocycles. The van der Waals surface area contributed by atoms with Crippen molar-refractivity contribution in [2.24, 2.45) is 9.98 Å². The first kappa shape index (κ1) is 41.5. The van der Waals surface area contributed by atoms with Crippen molar-refractivity contribution in [2.45, 2.75) is 205 Å². The fraction of sp³-hybridized carbons (Fsp3) is 0.708. The quantitative estimate of drug-likeness (QED) is 0.189. The van der Waals surface area contributed by atoms with Crippen LogP contribution in [-0.4, -0.2) is 64.9 Å². The summed E-state index contributed by atoms with van der Waals surface area (Å²) >= 11 is 0. The van der Waals surface area contributed by atoms with E-state index in [4.69, 9.17) is 9.98 Å². The summed E-state index contributed by atoms with van der Waals surface area (Å²) < 4.78 is 1.24. The minimum Gasteiger partial charge on any atom is -0.507 e. The van der Waals surface area contributed by atoms with Crippen molar-refractivity contribution in [3.05, 3.63) is 57.6 Å². The average molecular weight is 727 g/mol. The van der Waals surface area contributed by atoms with Crippen molar-refractivity contribution in [3.63, 3.8) is 0 Å². The number of aryl methyl sites for hydroxylation is 1. The Kier molecular flexibility index (Phi) is 13.3. The summed E-state index contributed by atoms with van der Waals surface area (Å²) in [6.07, 6.45) is 24.0. The van der Waals surface area contributed by atoms with Crippen LogP contribution in [0.5, 0.6) is 11.5 Å². The lowest BCUT2D eigenvalue weighted by atomic mass is 9.79. The van der Waals surface area contributed by atoms with Gasteiger partial charge in [-0.05, 0) is 116 Å². The highest BCUT2D eigenvalue weighted by molar-refractivity contribution is 5.86. The molecule has 3 aliphatic rings. The first-order valence-corrected chi connectivity index (χ1v) is 21.5. The first-order valence-electron chi connectivity index (χ1n) is 21.5. The van der Waals surface area contributed by atoms with Crippen LogP contribution in [-0.2, 0) is 22.7 Å². The zero-order valence-corrected chi connectivity index (χ0v) is 35.5. The Bertz CT molecular complexity index is 1550. The molecule has 2 aromatic rings. The van der Waals surface area contributed by atoms with Crippen LogP contribution in [0.15, 0.2) is 34.3 Å². The number of hydrogen-bond donors (Lipinski definition) is 2. The third-order valence-corrected chi connectivity index (χ3v) is 13.3. The van der Waals surface area contributed by atoms with Crippen LogP contribution < -0.4 is 0 Å². The Hall–Kier alpha value is -2.66. The molecule has 0 bridgehead atoms. The molecule has 2 N–H and O–H groups in total. The average Bonchev–Trinajstić information content (AvgIpc) is 3.11. The molecule has 0 aromatic heterocycles. The standard InChI is InChI=1S/C48H75N3O2/c1-46(2,3)37-28-34(20-19-27-51(10,39-21-13-11-14-22-39)40-23-15-12-16-24-40)44(52)35(29-37)32-49-42-25-17-18-26-43(42)50-33-36-30-38(47(4,5)6)31-41(45(36)53)48(7,8)9/h28-33,39-40,42-43H,11-27H2,1-10H3,(H-,49,50,52,53)/p+1. The first-order chi connectivity index (χ1) is 24.9. The normalized spacial score (nSPS) is 21.9. The minimum absolute atomic E-state index is 0.0347. The van der Waals surface area contributed by atoms with Gasteiger partial charge in [-0.2, -0.15) is 0 Å². The molecule has 2 unspecified atom stereocenters. The van der Waals surface area contributed by atoms with Crippen LogP contribution in [0.4, 0.5) is 0 Å². The molecule has 3 saturated carbocycles. The summed E-state index contributed by atoms with van der Waals surface area (Å²) in [7, 11) is 2.59. The Morgan fingerprint density at radius 2 is 1.02 bits per heavy atom. The van der Waals surface area contributed by atoms with Gasteiger partial charge in [0.2, 0.25) is 0 Å². The minimum atomic E-state index is -0.183. The molecule has 5 heteroatoms. The predicted molar refractivity (Wildman–Crippen MR) is 227 cm³/mol. The Morgan fingerprint density at radius 1 is 0.585 bits per heavy atom. The number of hydrogen-bond acceptors (Lipinski definition) is 4. The van der Waals surface area contributed by atoms with Crippen LogP contribution in [0, 0.1) is 0 Å². The SMILES string of the molecule is CC(C)(C)c1cc(C=NC2CCCCC2N=Cc2cc(C(C)(C)C)cc(C(C)(C)C)c2O)c(O)c(CCC[N+](C)(C2CCCCC2)C2CCCCC2)c1. The van der Waals surface area contributed by atoms with E-state index in [1.807, 2.05) is 12.4 Å². The number of quaternary nitrogens is 1. The Balaban J connectivity index is 1.38. The monoisotopic (exact) mass is 727 g/mol. The van der Waals surface area contributed by atoms with E-state index in [-0.39, 0.29) is 28.3 Å². The predicted octanol–water partition coefficient (Wildman–Crippen LogP) is 11.9. The van der Waals surface area contributed by atoms with Gasteiger partial charge in [0.05, 0.1) is 37.8 Å². The fourth-order valence-corrected chi connectivity index (χ4v) is 9.61. The van der Waals surface area contributed by atoms with Gasteiger partial charge in [0.15, 0.2) is 0 Å². The maximum Gasteiger partial charge on any atom is 0.128 e. The molecule has 0 aliphatic heterocycles. The number of phenols is 2. The van der Waals surface area contributed by atoms with Crippen molar-refractivity contribution in [2.75, 3.05) is 13.6 Å². The summed E-state index contributed by atoms with van der Waals surface area (Å²) in [6, 6.07) is 10.4. The van der Waals surface area contributed by atoms with Gasteiger partial charge in [-0.15, -0.1) is 0 Å². The van der Waals surface area contributed by atoms with Gasteiger partial charge >= 0.3 is 0 Å². The molecule has 2 atom stereocenters. The molecule has 0 radical (unpaired) electrons. The van der Waals surface area contributed by atoms with E-state index < -0.39 is 0 Å². The number of phenolic OH excluding ortho intramolecular Hbond substituents is 2. The maximum absolute atomic E-state index is 11.8. The largest absolute Gasteiger partial charge is 0.507 e. The second kappa shape index (κ2) is 17.0. The van der Waals surface area contributed by atoms with Gasteiger partial charge in [0.25, 0.3) is 0 Å². The van der Waals surface area contributed by atoms with Crippen molar-refractivity contribution in [3.8, 4) is 11.5 Å². The molecule has 0 spiro atoms. The molecular weight excluding hydrogens is 651 g/mol. The summed E-state index contributed by atoms with van der Waals surface area (Å²) in [5.41, 5.74) is 5.85. The number of rotatable bonds is 10. The third-order valence-electron chi connectivity index (χ3n) is 13.3. The van der Waals surface area contributed by atoms with Gasteiger partial charge in [-0.3, -0.25) is 9.98 Å². The smallest absolute Gasteiger partial charge is 0.128 e. The zero-order valence-electron chi connectivity index (χ0n) is 35.5. The van der Waals surface area contributed by atoms with Crippen LogP contribution in [0.25, 0.3) is 0 Å². The molecule has 3 aliphatic carbocycles. The van der Waals surface area contributed by atoms with Gasteiger partial charge in [0.1, 0.15) is 11.5 Å². The molecular formula is C48H76N3O2+. The highest BCUT2D eigenvalue weighted by atomic mass is 16.3. The van der Waals surface area contributed by atoms with E-state index in [1.54, 1.807) is 0 Å². The van der Waals surface area contributed by atoms with Crippen molar-refractivity contribution >= 4 is 12.4 Å². The van der Waals surface area contributed by atoms with Gasteiger partial charge < -0.3 is 14.7 Å². The summed E-state index contributed by atoms with van der Waals surface area (Å²) in [5, 5.41) is 23.2. The molecule has 2 aromatic carbocycles. The van der Waals surface area contributed by atoms with Crippen LogP contribution >= 0.6 is 0 Å². The Labute approximate surface area is 324 Å². The zero-order chi connectivity index (χ0) is 38.6. The van der Waals surface area contributed by atoms with E-state index >= 15 is 0 Å². The summed E-state index contributed by atoms with van der Waals surface area (Å²) in [5.74, 6) is 0.735. The van der Waals surface area contributed by atoms with E-state index in [0.29, 0.717) is 11.5 Å².